The summed E-state index contributed by atoms with van der Waals surface area (Å²) in [4.78, 5) is 3.74. The van der Waals surface area contributed by atoms with E-state index in [0.29, 0.717) is 0 Å². The molecule has 0 aliphatic rings. The summed E-state index contributed by atoms with van der Waals surface area (Å²) in [6.45, 7) is 1.47. The summed E-state index contributed by atoms with van der Waals surface area (Å²) in [6.07, 6.45) is -5.59. The Morgan fingerprint density at radius 1 is 1.16 bits per heavy atom. The van der Waals surface area contributed by atoms with Gasteiger partial charge >= 0.3 is 0 Å². The Morgan fingerprint density at radius 3 is 2.37 bits per heavy atom. The molecule has 102 valence electrons. The molecule has 0 aliphatic carbocycles. The Bertz CT molecular complexity index is 598. The molecule has 2 aromatic rings. The summed E-state index contributed by atoms with van der Waals surface area (Å²) in [7, 11) is 0. The highest BCUT2D eigenvalue weighted by Crippen LogP contribution is 2.28. The van der Waals surface area contributed by atoms with Crippen LogP contribution in [0.25, 0.3) is 5.82 Å². The molecule has 2 aromatic heterocycles. The maximum Gasteiger partial charge on any atom is 0.282 e. The van der Waals surface area contributed by atoms with Gasteiger partial charge < -0.3 is 0 Å². The Morgan fingerprint density at radius 2 is 1.84 bits per heavy atom. The van der Waals surface area contributed by atoms with Gasteiger partial charge in [-0.25, -0.2) is 27.2 Å². The lowest BCUT2D eigenvalue weighted by molar-refractivity contribution is 0.145. The van der Waals surface area contributed by atoms with Crippen molar-refractivity contribution in [2.75, 3.05) is 0 Å². The summed E-state index contributed by atoms with van der Waals surface area (Å²) in [6, 6.07) is 3.42. The van der Waals surface area contributed by atoms with E-state index in [1.807, 2.05) is 0 Å². The molecule has 0 fully saturated rings. The number of alkyl halides is 4. The fourth-order valence-corrected chi connectivity index (χ4v) is 1.74. The molecule has 0 saturated heterocycles. The molecular formula is C11H8ClF4N3. The molecule has 19 heavy (non-hydrogen) atoms. The van der Waals surface area contributed by atoms with Crippen molar-refractivity contribution in [2.24, 2.45) is 0 Å². The van der Waals surface area contributed by atoms with Gasteiger partial charge in [0, 0.05) is 5.69 Å². The van der Waals surface area contributed by atoms with Crippen LogP contribution in [0.2, 0.25) is 5.15 Å². The fourth-order valence-electron chi connectivity index (χ4n) is 1.60. The molecule has 3 nitrogen and oxygen atoms in total. The Balaban J connectivity index is 2.60. The molecule has 0 aliphatic heterocycles. The molecule has 2 heterocycles. The van der Waals surface area contributed by atoms with Crippen molar-refractivity contribution in [3.05, 3.63) is 40.3 Å². The third-order valence-electron chi connectivity index (χ3n) is 2.44. The number of aromatic nitrogens is 3. The molecule has 0 saturated carbocycles. The van der Waals surface area contributed by atoms with Gasteiger partial charge in [0.2, 0.25) is 0 Å². The summed E-state index contributed by atoms with van der Waals surface area (Å²) < 4.78 is 51.8. The molecule has 2 rings (SSSR count). The SMILES string of the molecule is Cc1cc(C(F)F)nn1-c1nc(Cl)ccc1C(F)F. The highest BCUT2D eigenvalue weighted by atomic mass is 35.5. The second-order valence-corrected chi connectivity index (χ2v) is 4.16. The van der Waals surface area contributed by atoms with Crippen molar-refractivity contribution in [1.29, 1.82) is 0 Å². The van der Waals surface area contributed by atoms with Gasteiger partial charge in [0.05, 0.1) is 5.56 Å². The molecular weight excluding hydrogens is 286 g/mol. The Labute approximate surface area is 110 Å². The lowest BCUT2D eigenvalue weighted by Crippen LogP contribution is -2.07. The third-order valence-corrected chi connectivity index (χ3v) is 2.65. The minimum Gasteiger partial charge on any atom is -0.219 e. The number of halogens is 5. The van der Waals surface area contributed by atoms with Crippen LogP contribution >= 0.6 is 11.6 Å². The van der Waals surface area contributed by atoms with Gasteiger partial charge in [0.25, 0.3) is 12.9 Å². The summed E-state index contributed by atoms with van der Waals surface area (Å²) in [5.41, 5.74) is -0.650. The van der Waals surface area contributed by atoms with Gasteiger partial charge in [-0.2, -0.15) is 5.10 Å². The summed E-state index contributed by atoms with van der Waals surface area (Å²) in [5, 5.41) is 3.56. The van der Waals surface area contributed by atoms with Gasteiger partial charge in [-0.05, 0) is 25.1 Å². The maximum absolute atomic E-state index is 12.9. The van der Waals surface area contributed by atoms with Gasteiger partial charge in [-0.3, -0.25) is 0 Å². The van der Waals surface area contributed by atoms with E-state index in [1.165, 1.54) is 13.0 Å². The van der Waals surface area contributed by atoms with Crippen LogP contribution in [0.15, 0.2) is 18.2 Å². The monoisotopic (exact) mass is 293 g/mol. The Kier molecular flexibility index (Phi) is 3.75. The molecule has 0 N–H and O–H groups in total. The largest absolute Gasteiger partial charge is 0.282 e. The zero-order valence-electron chi connectivity index (χ0n) is 9.62. The summed E-state index contributed by atoms with van der Waals surface area (Å²) in [5.74, 6) is -0.244. The molecule has 0 bridgehead atoms. The van der Waals surface area contributed by atoms with E-state index in [1.54, 1.807) is 0 Å². The minimum atomic E-state index is -2.81. The van der Waals surface area contributed by atoms with Crippen LogP contribution in [-0.2, 0) is 0 Å². The van der Waals surface area contributed by atoms with Crippen LogP contribution in [-0.4, -0.2) is 14.8 Å². The van der Waals surface area contributed by atoms with E-state index in [9.17, 15) is 17.6 Å². The predicted molar refractivity (Wildman–Crippen MR) is 61.0 cm³/mol. The molecule has 0 radical (unpaired) electrons. The molecule has 8 heteroatoms. The van der Waals surface area contributed by atoms with Crippen molar-refractivity contribution >= 4 is 11.6 Å². The number of hydrogen-bond acceptors (Lipinski definition) is 2. The first-order valence-corrected chi connectivity index (χ1v) is 5.57. The van der Waals surface area contributed by atoms with Crippen LogP contribution in [0.3, 0.4) is 0 Å². The normalized spacial score (nSPS) is 11.6. The van der Waals surface area contributed by atoms with Crippen molar-refractivity contribution < 1.29 is 17.6 Å². The first-order chi connectivity index (χ1) is 8.90. The average Bonchev–Trinajstić information content (AvgIpc) is 2.71. The van der Waals surface area contributed by atoms with Crippen molar-refractivity contribution in [3.63, 3.8) is 0 Å². The molecule has 0 unspecified atom stereocenters. The van der Waals surface area contributed by atoms with E-state index in [2.05, 4.69) is 10.1 Å². The zero-order chi connectivity index (χ0) is 14.2. The second kappa shape index (κ2) is 5.16. The standard InChI is InChI=1S/C11H8ClF4N3/c1-5-4-7(10(15)16)18-19(5)11-6(9(13)14)2-3-8(12)17-11/h2-4,9-10H,1H3. The molecule has 0 amide bonds. The zero-order valence-corrected chi connectivity index (χ0v) is 10.4. The van der Waals surface area contributed by atoms with Crippen LogP contribution in [0.5, 0.6) is 0 Å². The van der Waals surface area contributed by atoms with E-state index in [-0.39, 0.29) is 16.7 Å². The van der Waals surface area contributed by atoms with Crippen LogP contribution < -0.4 is 0 Å². The summed E-state index contributed by atoms with van der Waals surface area (Å²) >= 11 is 5.65. The third kappa shape index (κ3) is 2.70. The van der Waals surface area contributed by atoms with Gasteiger partial charge in [0.15, 0.2) is 5.82 Å². The first kappa shape index (κ1) is 13.8. The lowest BCUT2D eigenvalue weighted by atomic mass is 10.2. The Hall–Kier alpha value is -1.63. The smallest absolute Gasteiger partial charge is 0.219 e. The van der Waals surface area contributed by atoms with Crippen LogP contribution in [0.1, 0.15) is 29.8 Å². The lowest BCUT2D eigenvalue weighted by Gasteiger charge is -2.09. The number of hydrogen-bond donors (Lipinski definition) is 0. The number of rotatable bonds is 3. The van der Waals surface area contributed by atoms with Crippen molar-refractivity contribution in [2.45, 2.75) is 19.8 Å². The maximum atomic E-state index is 12.9. The highest BCUT2D eigenvalue weighted by molar-refractivity contribution is 6.29. The molecule has 0 aromatic carbocycles. The van der Waals surface area contributed by atoms with Crippen molar-refractivity contribution in [1.82, 2.24) is 14.8 Å². The van der Waals surface area contributed by atoms with Crippen LogP contribution in [0, 0.1) is 6.92 Å². The van der Waals surface area contributed by atoms with E-state index >= 15 is 0 Å². The highest BCUT2D eigenvalue weighted by Gasteiger charge is 2.20. The van der Waals surface area contributed by atoms with E-state index in [0.717, 1.165) is 16.8 Å². The van der Waals surface area contributed by atoms with E-state index in [4.69, 9.17) is 11.6 Å². The predicted octanol–water partition coefficient (Wildman–Crippen LogP) is 4.10. The van der Waals surface area contributed by atoms with Gasteiger partial charge in [-0.15, -0.1) is 0 Å². The van der Waals surface area contributed by atoms with E-state index < -0.39 is 24.1 Å². The average molecular weight is 294 g/mol. The number of pyridine rings is 1. The topological polar surface area (TPSA) is 30.7 Å². The first-order valence-electron chi connectivity index (χ1n) is 5.20. The minimum absolute atomic E-state index is 0.0205. The van der Waals surface area contributed by atoms with Crippen molar-refractivity contribution in [3.8, 4) is 5.82 Å². The fraction of sp³-hybridized carbons (Fsp3) is 0.273. The number of nitrogens with zero attached hydrogens (tertiary/aromatic N) is 3. The second-order valence-electron chi connectivity index (χ2n) is 3.77. The van der Waals surface area contributed by atoms with Gasteiger partial charge in [0.1, 0.15) is 10.8 Å². The number of aryl methyl sites for hydroxylation is 1. The molecule has 0 atom stereocenters. The van der Waals surface area contributed by atoms with Gasteiger partial charge in [-0.1, -0.05) is 11.6 Å². The van der Waals surface area contributed by atoms with Crippen LogP contribution in [0.4, 0.5) is 17.6 Å². The quantitative estimate of drug-likeness (QED) is 0.630. The molecule has 0 spiro atoms.